The van der Waals surface area contributed by atoms with Crippen molar-refractivity contribution in [1.82, 2.24) is 5.48 Å². The van der Waals surface area contributed by atoms with Crippen molar-refractivity contribution in [1.29, 1.82) is 0 Å². The Hall–Kier alpha value is -1.92. The van der Waals surface area contributed by atoms with Crippen molar-refractivity contribution in [2.45, 2.75) is 6.61 Å². The predicted molar refractivity (Wildman–Crippen MR) is 55.0 cm³/mol. The molecule has 0 aliphatic carbocycles. The third-order valence-corrected chi connectivity index (χ3v) is 1.78. The van der Waals surface area contributed by atoms with E-state index in [0.717, 1.165) is 0 Å². The number of carbonyl (C=O) groups is 2. The van der Waals surface area contributed by atoms with E-state index in [1.807, 2.05) is 0 Å². The molecule has 0 aliphatic rings. The monoisotopic (exact) mass is 224 g/mol. The Labute approximate surface area is 92.0 Å². The zero-order valence-corrected chi connectivity index (χ0v) is 8.47. The molecule has 0 saturated heterocycles. The number of rotatable bonds is 5. The van der Waals surface area contributed by atoms with Gasteiger partial charge in [0.1, 0.15) is 0 Å². The first-order valence-corrected chi connectivity index (χ1v) is 4.53. The van der Waals surface area contributed by atoms with E-state index in [1.54, 1.807) is 12.1 Å². The quantitative estimate of drug-likeness (QED) is 0.577. The number of hydrogen-bond acceptors (Lipinski definition) is 4. The minimum absolute atomic E-state index is 0.0833. The van der Waals surface area contributed by atoms with Crippen LogP contribution in [0.25, 0.3) is 0 Å². The molecule has 0 radical (unpaired) electrons. The summed E-state index contributed by atoms with van der Waals surface area (Å²) < 4.78 is 0. The van der Waals surface area contributed by atoms with Gasteiger partial charge in [0.25, 0.3) is 5.91 Å². The van der Waals surface area contributed by atoms with Gasteiger partial charge in [0.05, 0.1) is 6.61 Å². The van der Waals surface area contributed by atoms with Crippen LogP contribution in [0.15, 0.2) is 24.3 Å². The zero-order valence-electron chi connectivity index (χ0n) is 8.47. The van der Waals surface area contributed by atoms with E-state index in [2.05, 4.69) is 10.3 Å². The Morgan fingerprint density at radius 2 is 1.94 bits per heavy atom. The van der Waals surface area contributed by atoms with Gasteiger partial charge in [-0.1, -0.05) is 12.1 Å². The largest absolute Gasteiger partial charge is 0.392 e. The predicted octanol–water partition coefficient (Wildman–Crippen LogP) is -0.674. The molecule has 0 bridgehead atoms. The smallest absolute Gasteiger partial charge is 0.274 e. The Morgan fingerprint density at radius 3 is 2.44 bits per heavy atom. The summed E-state index contributed by atoms with van der Waals surface area (Å²) in [6, 6.07) is 6.30. The molecule has 6 nitrogen and oxygen atoms in total. The first kappa shape index (κ1) is 12.2. The van der Waals surface area contributed by atoms with E-state index in [4.69, 9.17) is 10.8 Å². The summed E-state index contributed by atoms with van der Waals surface area (Å²) in [5.74, 6) is -1.15. The Morgan fingerprint density at radius 1 is 1.31 bits per heavy atom. The van der Waals surface area contributed by atoms with Gasteiger partial charge in [-0.15, -0.1) is 0 Å². The van der Waals surface area contributed by atoms with E-state index < -0.39 is 11.8 Å². The van der Waals surface area contributed by atoms with Crippen molar-refractivity contribution < 1.29 is 19.5 Å². The molecule has 2 amide bonds. The number of hydroxylamine groups is 1. The third-order valence-electron chi connectivity index (χ3n) is 1.78. The van der Waals surface area contributed by atoms with E-state index in [0.29, 0.717) is 11.1 Å². The number of amides is 2. The maximum absolute atomic E-state index is 11.4. The fourth-order valence-electron chi connectivity index (χ4n) is 0.993. The van der Waals surface area contributed by atoms with E-state index >= 15 is 0 Å². The Bertz CT molecular complexity index is 375. The minimum atomic E-state index is -0.670. The molecule has 0 unspecified atom stereocenters. The Kier molecular flexibility index (Phi) is 4.43. The highest BCUT2D eigenvalue weighted by Gasteiger charge is 2.05. The molecule has 1 rings (SSSR count). The van der Waals surface area contributed by atoms with Crippen molar-refractivity contribution in [2.75, 3.05) is 6.61 Å². The Balaban J connectivity index is 2.49. The van der Waals surface area contributed by atoms with Crippen molar-refractivity contribution >= 4 is 11.8 Å². The lowest BCUT2D eigenvalue weighted by Crippen LogP contribution is -2.29. The highest BCUT2D eigenvalue weighted by atomic mass is 16.7. The molecule has 0 atom stereocenters. The van der Waals surface area contributed by atoms with Gasteiger partial charge in [-0.05, 0) is 17.7 Å². The molecule has 1 aromatic carbocycles. The normalized spacial score (nSPS) is 9.81. The molecule has 0 heterocycles. The number of nitrogens with one attached hydrogen (secondary N) is 1. The fourth-order valence-corrected chi connectivity index (χ4v) is 0.993. The molecular weight excluding hydrogens is 212 g/mol. The first-order valence-electron chi connectivity index (χ1n) is 4.53. The maximum Gasteiger partial charge on any atom is 0.274 e. The summed E-state index contributed by atoms with van der Waals surface area (Å²) in [5, 5.41) is 8.79. The number of benzene rings is 1. The SMILES string of the molecule is NC(=O)CONC(=O)c1ccc(CO)cc1. The van der Waals surface area contributed by atoms with Gasteiger partial charge < -0.3 is 10.8 Å². The minimum Gasteiger partial charge on any atom is -0.392 e. The van der Waals surface area contributed by atoms with Crippen LogP contribution in [0.2, 0.25) is 0 Å². The van der Waals surface area contributed by atoms with Crippen LogP contribution in [0.3, 0.4) is 0 Å². The third kappa shape index (κ3) is 3.68. The van der Waals surface area contributed by atoms with Crippen molar-refractivity contribution in [3.05, 3.63) is 35.4 Å². The van der Waals surface area contributed by atoms with Crippen LogP contribution in [-0.2, 0) is 16.2 Å². The molecule has 0 spiro atoms. The van der Waals surface area contributed by atoms with Gasteiger partial charge in [-0.3, -0.25) is 14.4 Å². The van der Waals surface area contributed by atoms with Gasteiger partial charge in [-0.25, -0.2) is 5.48 Å². The molecular formula is C10H12N2O4. The molecule has 4 N–H and O–H groups in total. The number of primary amides is 1. The van der Waals surface area contributed by atoms with Gasteiger partial charge in [0.2, 0.25) is 5.91 Å². The number of aliphatic hydroxyl groups excluding tert-OH is 1. The van der Waals surface area contributed by atoms with Crippen LogP contribution in [-0.4, -0.2) is 23.5 Å². The number of aliphatic hydroxyl groups is 1. The molecule has 1 aromatic rings. The van der Waals surface area contributed by atoms with Crippen molar-refractivity contribution in [3.63, 3.8) is 0 Å². The van der Waals surface area contributed by atoms with Crippen molar-refractivity contribution in [2.24, 2.45) is 5.73 Å². The molecule has 0 saturated carbocycles. The number of nitrogens with two attached hydrogens (primary N) is 1. The summed E-state index contributed by atoms with van der Waals surface area (Å²) in [6.45, 7) is -0.458. The van der Waals surface area contributed by atoms with Crippen LogP contribution in [0.4, 0.5) is 0 Å². The second kappa shape index (κ2) is 5.84. The van der Waals surface area contributed by atoms with E-state index in [9.17, 15) is 9.59 Å². The summed E-state index contributed by atoms with van der Waals surface area (Å²) in [6.07, 6.45) is 0. The van der Waals surface area contributed by atoms with Crippen molar-refractivity contribution in [3.8, 4) is 0 Å². The second-order valence-corrected chi connectivity index (χ2v) is 3.04. The van der Waals surface area contributed by atoms with Crippen LogP contribution >= 0.6 is 0 Å². The van der Waals surface area contributed by atoms with Gasteiger partial charge >= 0.3 is 0 Å². The fraction of sp³-hybridized carbons (Fsp3) is 0.200. The topological polar surface area (TPSA) is 102 Å². The van der Waals surface area contributed by atoms with Gasteiger partial charge in [0, 0.05) is 5.56 Å². The summed E-state index contributed by atoms with van der Waals surface area (Å²) >= 11 is 0. The van der Waals surface area contributed by atoms with Crippen LogP contribution in [0.1, 0.15) is 15.9 Å². The lowest BCUT2D eigenvalue weighted by molar-refractivity contribution is -0.124. The van der Waals surface area contributed by atoms with Crippen LogP contribution in [0, 0.1) is 0 Å². The summed E-state index contributed by atoms with van der Waals surface area (Å²) in [4.78, 5) is 26.2. The van der Waals surface area contributed by atoms with E-state index in [1.165, 1.54) is 12.1 Å². The van der Waals surface area contributed by atoms with E-state index in [-0.39, 0.29) is 13.2 Å². The zero-order chi connectivity index (χ0) is 12.0. The lowest BCUT2D eigenvalue weighted by Gasteiger charge is -2.04. The molecule has 86 valence electrons. The molecule has 0 fully saturated rings. The van der Waals surface area contributed by atoms with Gasteiger partial charge in [-0.2, -0.15) is 0 Å². The first-order chi connectivity index (χ1) is 7.63. The number of hydrogen-bond donors (Lipinski definition) is 3. The highest BCUT2D eigenvalue weighted by Crippen LogP contribution is 2.03. The standard InChI is InChI=1S/C10H12N2O4/c11-9(14)6-16-12-10(15)8-3-1-7(5-13)2-4-8/h1-4,13H,5-6H2,(H2,11,14)(H,12,15). The summed E-state index contributed by atoms with van der Waals surface area (Å²) in [5.41, 5.74) is 7.94. The second-order valence-electron chi connectivity index (χ2n) is 3.04. The maximum atomic E-state index is 11.4. The van der Waals surface area contributed by atoms with Gasteiger partial charge in [0.15, 0.2) is 6.61 Å². The summed E-state index contributed by atoms with van der Waals surface area (Å²) in [7, 11) is 0. The molecule has 16 heavy (non-hydrogen) atoms. The number of carbonyl (C=O) groups excluding carboxylic acids is 2. The molecule has 0 aliphatic heterocycles. The average molecular weight is 224 g/mol. The molecule has 6 heteroatoms. The van der Waals surface area contributed by atoms with Crippen LogP contribution < -0.4 is 11.2 Å². The lowest BCUT2D eigenvalue weighted by atomic mass is 10.1. The highest BCUT2D eigenvalue weighted by molar-refractivity contribution is 5.93. The molecule has 0 aromatic heterocycles. The van der Waals surface area contributed by atoms with Crippen LogP contribution in [0.5, 0.6) is 0 Å². The average Bonchev–Trinajstić information content (AvgIpc) is 2.28.